The van der Waals surface area contributed by atoms with Crippen molar-refractivity contribution in [1.29, 1.82) is 0 Å². The second-order valence-corrected chi connectivity index (χ2v) is 13.4. The number of fused-ring (bicyclic) bond motifs is 6. The molecule has 198 valence electrons. The Morgan fingerprint density at radius 2 is 1.23 bits per heavy atom. The summed E-state index contributed by atoms with van der Waals surface area (Å²) < 4.78 is 2.41. The number of para-hydroxylation sites is 1. The molecule has 1 saturated heterocycles. The highest BCUT2D eigenvalue weighted by molar-refractivity contribution is 6.22. The minimum absolute atomic E-state index is 0.110. The summed E-state index contributed by atoms with van der Waals surface area (Å²) in [6, 6.07) is 31.0. The van der Waals surface area contributed by atoms with Crippen LogP contribution in [0.2, 0.25) is 0 Å². The lowest BCUT2D eigenvalue weighted by Gasteiger charge is -2.50. The van der Waals surface area contributed by atoms with E-state index in [0.29, 0.717) is 0 Å². The number of nitrogens with zero attached hydrogens (tertiary/aromatic N) is 4. The van der Waals surface area contributed by atoms with E-state index < -0.39 is 0 Å². The minimum atomic E-state index is -0.196. The van der Waals surface area contributed by atoms with Crippen molar-refractivity contribution in [2.45, 2.75) is 77.5 Å². The topological polar surface area (TPSA) is 23.8 Å². The third-order valence-electron chi connectivity index (χ3n) is 10.4. The second-order valence-electron chi connectivity index (χ2n) is 13.4. The summed E-state index contributed by atoms with van der Waals surface area (Å²) in [6.45, 7) is 18.7. The first-order valence-corrected chi connectivity index (χ1v) is 14.1. The predicted molar refractivity (Wildman–Crippen MR) is 166 cm³/mol. The Morgan fingerprint density at radius 3 is 1.97 bits per heavy atom. The molecule has 0 atom stereocenters. The van der Waals surface area contributed by atoms with Crippen molar-refractivity contribution < 1.29 is 0 Å². The number of guanidine groups is 1. The van der Waals surface area contributed by atoms with E-state index in [9.17, 15) is 0 Å². The van der Waals surface area contributed by atoms with E-state index in [4.69, 9.17) is 4.99 Å². The van der Waals surface area contributed by atoms with E-state index in [-0.39, 0.29) is 22.2 Å². The molecule has 0 unspecified atom stereocenters. The lowest BCUT2D eigenvalue weighted by Crippen LogP contribution is -2.62. The summed E-state index contributed by atoms with van der Waals surface area (Å²) in [5, 5.41) is 5.12. The highest BCUT2D eigenvalue weighted by Gasteiger charge is 2.65. The molecule has 2 aliphatic heterocycles. The van der Waals surface area contributed by atoms with Gasteiger partial charge in [-0.1, -0.05) is 48.5 Å². The van der Waals surface area contributed by atoms with E-state index in [1.165, 1.54) is 44.0 Å². The largest absolute Gasteiger partial charge is 0.327 e. The average Bonchev–Trinajstić information content (AvgIpc) is 3.37. The predicted octanol–water partition coefficient (Wildman–Crippen LogP) is 8.54. The minimum Gasteiger partial charge on any atom is -0.327 e. The Hall–Kier alpha value is -3.79. The van der Waals surface area contributed by atoms with Crippen LogP contribution in [0.4, 0.5) is 5.69 Å². The van der Waals surface area contributed by atoms with Crippen LogP contribution in [0.25, 0.3) is 38.3 Å². The Kier molecular flexibility index (Phi) is 4.63. The lowest BCUT2D eigenvalue weighted by molar-refractivity contribution is 0.0529. The maximum absolute atomic E-state index is 5.39. The van der Waals surface area contributed by atoms with Gasteiger partial charge >= 0.3 is 0 Å². The molecule has 4 aromatic carbocycles. The Labute approximate surface area is 231 Å². The first kappa shape index (κ1) is 24.3. The summed E-state index contributed by atoms with van der Waals surface area (Å²) >= 11 is 0. The van der Waals surface area contributed by atoms with Crippen LogP contribution in [-0.2, 0) is 0 Å². The van der Waals surface area contributed by atoms with Crippen molar-refractivity contribution in [3.63, 3.8) is 0 Å². The highest BCUT2D eigenvalue weighted by atomic mass is 15.6. The number of rotatable bonds is 2. The summed E-state index contributed by atoms with van der Waals surface area (Å²) in [6.07, 6.45) is 0. The van der Waals surface area contributed by atoms with Crippen molar-refractivity contribution >= 4 is 44.2 Å². The third kappa shape index (κ3) is 2.92. The number of benzene rings is 4. The van der Waals surface area contributed by atoms with Crippen LogP contribution < -0.4 is 4.90 Å². The van der Waals surface area contributed by atoms with Crippen LogP contribution in [0.5, 0.6) is 0 Å². The normalized spacial score (nSPS) is 20.7. The number of hydrogen-bond donors (Lipinski definition) is 0. The van der Waals surface area contributed by atoms with Gasteiger partial charge in [-0.3, -0.25) is 0 Å². The fourth-order valence-electron chi connectivity index (χ4n) is 7.07. The van der Waals surface area contributed by atoms with E-state index in [0.717, 1.165) is 5.96 Å². The number of aromatic nitrogens is 1. The van der Waals surface area contributed by atoms with Gasteiger partial charge in [-0.2, -0.15) is 0 Å². The molecule has 0 radical (unpaired) electrons. The number of anilines is 1. The Morgan fingerprint density at radius 1 is 0.564 bits per heavy atom. The van der Waals surface area contributed by atoms with Gasteiger partial charge in [-0.05, 0) is 103 Å². The molecule has 0 saturated carbocycles. The van der Waals surface area contributed by atoms with Crippen LogP contribution >= 0.6 is 0 Å². The number of hydrogen-bond acceptors (Lipinski definition) is 3. The third-order valence-corrected chi connectivity index (χ3v) is 10.4. The molecule has 0 N–H and O–H groups in total. The Balaban J connectivity index is 1.55. The van der Waals surface area contributed by atoms with Crippen molar-refractivity contribution in [3.05, 3.63) is 84.9 Å². The standard InChI is InChI=1S/C35H38N4/c1-32(2)33(3,4)39-31(36-32)38(34(5,6)35(39,7)8)25-19-21-28-27(22-25)30-26-17-13-12-14-23(26)18-20-29(30)37(28)24-15-10-9-11-16-24/h9-22H,1-8H3. The maximum Gasteiger partial charge on any atom is 0.203 e. The molecular formula is C35H38N4. The van der Waals surface area contributed by atoms with Crippen LogP contribution in [-0.4, -0.2) is 37.6 Å². The van der Waals surface area contributed by atoms with E-state index >= 15 is 0 Å². The molecule has 0 amide bonds. The molecule has 2 aliphatic rings. The maximum atomic E-state index is 5.39. The van der Waals surface area contributed by atoms with Crippen LogP contribution in [0.1, 0.15) is 55.4 Å². The fourth-order valence-corrected chi connectivity index (χ4v) is 7.07. The molecule has 4 nitrogen and oxygen atoms in total. The van der Waals surface area contributed by atoms with Gasteiger partial charge in [0.15, 0.2) is 0 Å². The molecular weight excluding hydrogens is 476 g/mol. The Bertz CT molecular complexity index is 1820. The molecule has 5 aromatic rings. The fraction of sp³-hybridized carbons (Fsp3) is 0.343. The highest BCUT2D eigenvalue weighted by Crippen LogP contribution is 2.54. The van der Waals surface area contributed by atoms with Crippen LogP contribution in [0.3, 0.4) is 0 Å². The first-order valence-electron chi connectivity index (χ1n) is 14.1. The van der Waals surface area contributed by atoms with Gasteiger partial charge in [-0.15, -0.1) is 0 Å². The summed E-state index contributed by atoms with van der Waals surface area (Å²) in [4.78, 5) is 10.5. The SMILES string of the molecule is CC1(C)N=C2N(c3ccc4c(c3)c3c5ccccc5ccc3n4-c3ccccc3)C(C)(C)C(C)(C)N2C1(C)C. The van der Waals surface area contributed by atoms with E-state index in [1.807, 2.05) is 0 Å². The monoisotopic (exact) mass is 514 g/mol. The second kappa shape index (κ2) is 7.44. The van der Waals surface area contributed by atoms with Crippen molar-refractivity contribution in [3.8, 4) is 5.69 Å². The van der Waals surface area contributed by atoms with E-state index in [2.05, 4.69) is 155 Å². The van der Waals surface area contributed by atoms with Crippen molar-refractivity contribution in [2.75, 3.05) is 4.90 Å². The van der Waals surface area contributed by atoms with Crippen LogP contribution in [0.15, 0.2) is 89.9 Å². The zero-order valence-electron chi connectivity index (χ0n) is 24.4. The van der Waals surface area contributed by atoms with Gasteiger partial charge < -0.3 is 14.4 Å². The lowest BCUT2D eigenvalue weighted by atomic mass is 9.76. The molecule has 7 rings (SSSR count). The molecule has 0 bridgehead atoms. The summed E-state index contributed by atoms with van der Waals surface area (Å²) in [5.74, 6) is 1.08. The van der Waals surface area contributed by atoms with Crippen molar-refractivity contribution in [1.82, 2.24) is 9.47 Å². The van der Waals surface area contributed by atoms with Crippen LogP contribution in [0, 0.1) is 0 Å². The zero-order chi connectivity index (χ0) is 27.5. The molecule has 0 aliphatic carbocycles. The van der Waals surface area contributed by atoms with Gasteiger partial charge in [0.2, 0.25) is 5.96 Å². The molecule has 39 heavy (non-hydrogen) atoms. The van der Waals surface area contributed by atoms with Gasteiger partial charge in [0.25, 0.3) is 0 Å². The quantitative estimate of drug-likeness (QED) is 0.236. The molecule has 1 fully saturated rings. The molecule has 4 heteroatoms. The van der Waals surface area contributed by atoms with Gasteiger partial charge in [0.05, 0.1) is 33.2 Å². The summed E-state index contributed by atoms with van der Waals surface area (Å²) in [5.41, 5.74) is 4.22. The smallest absolute Gasteiger partial charge is 0.203 e. The number of aliphatic imine (C=N–C) groups is 1. The summed E-state index contributed by atoms with van der Waals surface area (Å²) in [7, 11) is 0. The van der Waals surface area contributed by atoms with Gasteiger partial charge in [-0.25, -0.2) is 4.99 Å². The van der Waals surface area contributed by atoms with Gasteiger partial charge in [0, 0.05) is 22.1 Å². The van der Waals surface area contributed by atoms with Crippen molar-refractivity contribution in [2.24, 2.45) is 4.99 Å². The first-order chi connectivity index (χ1) is 18.4. The molecule has 1 aromatic heterocycles. The molecule has 0 spiro atoms. The zero-order valence-corrected chi connectivity index (χ0v) is 24.4. The van der Waals surface area contributed by atoms with Gasteiger partial charge in [0.1, 0.15) is 0 Å². The van der Waals surface area contributed by atoms with E-state index in [1.54, 1.807) is 0 Å². The average molecular weight is 515 g/mol. The molecule has 3 heterocycles.